The molecule has 0 unspecified atom stereocenters. The van der Waals surface area contributed by atoms with E-state index in [1.165, 1.54) is 6.07 Å². The number of aryl methyl sites for hydroxylation is 4. The summed E-state index contributed by atoms with van der Waals surface area (Å²) in [5, 5.41) is 15.7. The van der Waals surface area contributed by atoms with Crippen molar-refractivity contribution in [3.63, 3.8) is 0 Å². The van der Waals surface area contributed by atoms with E-state index in [0.29, 0.717) is 16.9 Å². The summed E-state index contributed by atoms with van der Waals surface area (Å²) in [5.74, 6) is 0. The topological polar surface area (TPSA) is 38.0 Å². The summed E-state index contributed by atoms with van der Waals surface area (Å²) in [6, 6.07) is 68.8. The van der Waals surface area contributed by atoms with Gasteiger partial charge in [-0.15, -0.1) is 0 Å². The van der Waals surface area contributed by atoms with Gasteiger partial charge in [0.2, 0.25) is 0 Å². The van der Waals surface area contributed by atoms with Crippen LogP contribution in [0, 0.1) is 45.6 Å². The van der Waals surface area contributed by atoms with Crippen LogP contribution in [0.2, 0.25) is 0 Å². The predicted octanol–water partition coefficient (Wildman–Crippen LogP) is 18.9. The van der Waals surface area contributed by atoms with Gasteiger partial charge in [0.15, 0.2) is 5.69 Å². The van der Waals surface area contributed by atoms with E-state index in [9.17, 15) is 18.4 Å². The highest BCUT2D eigenvalue weighted by molar-refractivity contribution is 6.14. The highest BCUT2D eigenvalue weighted by Crippen LogP contribution is 2.46. The van der Waals surface area contributed by atoms with Crippen molar-refractivity contribution >= 4 is 49.3 Å². The van der Waals surface area contributed by atoms with Crippen molar-refractivity contribution in [2.75, 3.05) is 0 Å². The van der Waals surface area contributed by atoms with Gasteiger partial charge < -0.3 is 9.13 Å². The van der Waals surface area contributed by atoms with Crippen LogP contribution in [0.3, 0.4) is 0 Å². The molecule has 0 fully saturated rings. The second-order valence-corrected chi connectivity index (χ2v) is 19.4. The Morgan fingerprint density at radius 1 is 0.405 bits per heavy atom. The number of nitrogens with zero attached hydrogens (tertiary/aromatic N) is 4. The third-order valence-corrected chi connectivity index (χ3v) is 14.5. The molecule has 0 aliphatic carbocycles. The minimum absolute atomic E-state index is 0.160. The molecule has 0 spiro atoms. The van der Waals surface area contributed by atoms with Gasteiger partial charge in [-0.2, -0.15) is 18.4 Å². The number of fused-ring (bicyclic) bond motifs is 6. The van der Waals surface area contributed by atoms with Crippen molar-refractivity contribution in [3.8, 4) is 73.1 Å². The van der Waals surface area contributed by atoms with Crippen molar-refractivity contribution < 1.29 is 13.2 Å². The SMILES string of the molecule is [C-]#[N+]c1cc(-c2ccc(-n3c4ccc(-c5ccc(C)cc5)cc4c4cc(-c5ccc(C)cc5)ccc43)c(C#N)c2-n2c3ccc(-c4ccc(C)cc4)cc3c3cc(-c4ccc(C)cc4)ccc32)cc(C(F)(F)F)c1. The lowest BCUT2D eigenvalue weighted by molar-refractivity contribution is -0.137. The van der Waals surface area contributed by atoms with Crippen LogP contribution < -0.4 is 0 Å². The minimum atomic E-state index is -4.74. The van der Waals surface area contributed by atoms with E-state index in [1.54, 1.807) is 0 Å². The van der Waals surface area contributed by atoms with Gasteiger partial charge in [0, 0.05) is 32.7 Å². The first kappa shape index (κ1) is 45.7. The zero-order valence-electron chi connectivity index (χ0n) is 41.0. The zero-order chi connectivity index (χ0) is 51.0. The van der Waals surface area contributed by atoms with E-state index in [0.717, 1.165) is 123 Å². The predicted molar refractivity (Wildman–Crippen MR) is 297 cm³/mol. The highest BCUT2D eigenvalue weighted by Gasteiger charge is 2.32. The van der Waals surface area contributed by atoms with Gasteiger partial charge in [-0.25, -0.2) is 4.85 Å². The lowest BCUT2D eigenvalue weighted by atomic mass is 9.96. The molecule has 2 heterocycles. The molecular weight excluding hydrogens is 918 g/mol. The Balaban J connectivity index is 1.20. The number of aromatic nitrogens is 2. The molecule has 0 aliphatic heterocycles. The van der Waals surface area contributed by atoms with Gasteiger partial charge in [-0.3, -0.25) is 0 Å². The van der Waals surface area contributed by atoms with Crippen LogP contribution in [0.15, 0.2) is 200 Å². The molecule has 7 heteroatoms. The largest absolute Gasteiger partial charge is 0.415 e. The van der Waals surface area contributed by atoms with Crippen LogP contribution in [0.4, 0.5) is 18.9 Å². The molecule has 0 radical (unpaired) electrons. The Kier molecular flexibility index (Phi) is 10.9. The number of alkyl halides is 3. The molecule has 0 aliphatic rings. The fourth-order valence-corrected chi connectivity index (χ4v) is 10.6. The smallest absolute Gasteiger partial charge is 0.308 e. The van der Waals surface area contributed by atoms with Crippen LogP contribution in [-0.2, 0) is 6.18 Å². The number of benzene rings is 10. The quantitative estimate of drug-likeness (QED) is 0.147. The van der Waals surface area contributed by atoms with Crippen LogP contribution in [0.5, 0.6) is 0 Å². The Hall–Kier alpha value is -9.43. The average Bonchev–Trinajstić information content (AvgIpc) is 3.93. The van der Waals surface area contributed by atoms with Crippen LogP contribution >= 0.6 is 0 Å². The first-order valence-corrected chi connectivity index (χ1v) is 24.5. The maximum atomic E-state index is 14.8. The van der Waals surface area contributed by atoms with Gasteiger partial charge in [0.25, 0.3) is 0 Å². The molecule has 2 aromatic heterocycles. The van der Waals surface area contributed by atoms with Gasteiger partial charge in [-0.1, -0.05) is 150 Å². The van der Waals surface area contributed by atoms with Gasteiger partial charge in [0.05, 0.1) is 40.0 Å². The normalized spacial score (nSPS) is 11.7. The second-order valence-electron chi connectivity index (χ2n) is 19.4. The molecule has 74 heavy (non-hydrogen) atoms. The summed E-state index contributed by atoms with van der Waals surface area (Å²) in [5.41, 5.74) is 16.7. The average molecular weight is 963 g/mol. The Bertz CT molecular complexity index is 4110. The monoisotopic (exact) mass is 962 g/mol. The number of halogens is 3. The van der Waals surface area contributed by atoms with Crippen molar-refractivity contribution in [2.24, 2.45) is 0 Å². The maximum absolute atomic E-state index is 14.8. The summed E-state index contributed by atoms with van der Waals surface area (Å²) in [6.45, 7) is 16.2. The molecule has 10 aromatic carbocycles. The van der Waals surface area contributed by atoms with E-state index in [2.05, 4.69) is 201 Å². The maximum Gasteiger partial charge on any atom is 0.415 e. The van der Waals surface area contributed by atoms with Crippen LogP contribution in [0.25, 0.3) is 115 Å². The van der Waals surface area contributed by atoms with Crippen molar-refractivity contribution in [2.45, 2.75) is 33.9 Å². The molecule has 0 bridgehead atoms. The molecule has 0 saturated heterocycles. The fourth-order valence-electron chi connectivity index (χ4n) is 10.6. The Morgan fingerprint density at radius 2 is 0.757 bits per heavy atom. The van der Waals surface area contributed by atoms with Crippen LogP contribution in [-0.4, -0.2) is 9.13 Å². The van der Waals surface area contributed by atoms with Crippen LogP contribution in [0.1, 0.15) is 33.4 Å². The fraction of sp³-hybridized carbons (Fsp3) is 0.0746. The molecule has 0 amide bonds. The zero-order valence-corrected chi connectivity index (χ0v) is 41.0. The molecular formula is C67H45F3N4. The lowest BCUT2D eigenvalue weighted by Gasteiger charge is -2.21. The van der Waals surface area contributed by atoms with Crippen molar-refractivity contribution in [1.82, 2.24) is 9.13 Å². The highest BCUT2D eigenvalue weighted by atomic mass is 19.4. The summed E-state index contributed by atoms with van der Waals surface area (Å²) in [6.07, 6.45) is -4.74. The number of hydrogen-bond acceptors (Lipinski definition) is 1. The number of nitriles is 1. The van der Waals surface area contributed by atoms with Gasteiger partial charge >= 0.3 is 6.18 Å². The standard InChI is InChI=1S/C67H45F3N4/c1-40-6-14-44(15-7-40)48-22-27-61-56(34-48)57-35-49(45-16-8-41(2)9-17-45)23-28-62(57)73(61)65-31-26-55(52-32-53(67(68,69)70)38-54(33-52)72-5)66(60(65)39-71)74-63-29-24-50(46-18-10-42(3)11-19-46)36-58(63)59-37-51(25-30-64(59)74)47-20-12-43(4)13-21-47/h6-38H,1-4H3. The summed E-state index contributed by atoms with van der Waals surface area (Å²) in [4.78, 5) is 3.52. The summed E-state index contributed by atoms with van der Waals surface area (Å²) in [7, 11) is 0. The van der Waals surface area contributed by atoms with E-state index in [4.69, 9.17) is 6.57 Å². The van der Waals surface area contributed by atoms with E-state index in [-0.39, 0.29) is 16.8 Å². The van der Waals surface area contributed by atoms with Gasteiger partial charge in [-0.05, 0) is 151 Å². The summed E-state index contributed by atoms with van der Waals surface area (Å²) < 4.78 is 48.6. The Morgan fingerprint density at radius 3 is 1.09 bits per heavy atom. The number of hydrogen-bond donors (Lipinski definition) is 0. The molecule has 0 atom stereocenters. The summed E-state index contributed by atoms with van der Waals surface area (Å²) >= 11 is 0. The molecule has 0 saturated carbocycles. The van der Waals surface area contributed by atoms with Crippen molar-refractivity contribution in [3.05, 3.63) is 245 Å². The third kappa shape index (κ3) is 7.87. The Labute approximate surface area is 426 Å². The minimum Gasteiger partial charge on any atom is -0.308 e. The van der Waals surface area contributed by atoms with E-state index in [1.807, 2.05) is 28.8 Å². The molecule has 354 valence electrons. The van der Waals surface area contributed by atoms with E-state index < -0.39 is 11.7 Å². The second kappa shape index (κ2) is 17.7. The molecule has 12 aromatic rings. The van der Waals surface area contributed by atoms with Crippen molar-refractivity contribution in [1.29, 1.82) is 5.26 Å². The first-order valence-electron chi connectivity index (χ1n) is 24.5. The van der Waals surface area contributed by atoms with E-state index >= 15 is 0 Å². The molecule has 12 rings (SSSR count). The third-order valence-electron chi connectivity index (χ3n) is 14.5. The molecule has 0 N–H and O–H groups in total. The first-order chi connectivity index (χ1) is 35.8. The number of rotatable bonds is 7. The molecule has 4 nitrogen and oxygen atoms in total. The van der Waals surface area contributed by atoms with Gasteiger partial charge in [0.1, 0.15) is 11.6 Å². The lowest BCUT2D eigenvalue weighted by Crippen LogP contribution is -2.08.